The lowest BCUT2D eigenvalue weighted by atomic mass is 10.00. The SMILES string of the molecule is Cc1nc(N2CCC(C)CC2)nc2c1CCC2. The van der Waals surface area contributed by atoms with Crippen LogP contribution in [0.15, 0.2) is 0 Å². The predicted molar refractivity (Wildman–Crippen MR) is 69.4 cm³/mol. The minimum absolute atomic E-state index is 0.863. The van der Waals surface area contributed by atoms with Crippen LogP contribution < -0.4 is 4.90 Å². The topological polar surface area (TPSA) is 29.0 Å². The second kappa shape index (κ2) is 4.28. The van der Waals surface area contributed by atoms with Crippen molar-refractivity contribution in [1.82, 2.24) is 9.97 Å². The molecular formula is C14H21N3. The van der Waals surface area contributed by atoms with Crippen molar-refractivity contribution in [2.75, 3.05) is 18.0 Å². The molecule has 3 heteroatoms. The number of anilines is 1. The first-order valence-electron chi connectivity index (χ1n) is 6.85. The minimum atomic E-state index is 0.863. The van der Waals surface area contributed by atoms with E-state index >= 15 is 0 Å². The predicted octanol–water partition coefficient (Wildman–Crippen LogP) is 2.51. The molecule has 1 fully saturated rings. The Kier molecular flexibility index (Phi) is 2.77. The maximum absolute atomic E-state index is 4.78. The molecule has 0 amide bonds. The Labute approximate surface area is 103 Å². The molecule has 1 aromatic heterocycles. The standard InChI is InChI=1S/C14H21N3/c1-10-6-8-17(9-7-10)14-15-11(2)12-4-3-5-13(12)16-14/h10H,3-9H2,1-2H3. The van der Waals surface area contributed by atoms with Gasteiger partial charge in [0.1, 0.15) is 0 Å². The van der Waals surface area contributed by atoms with Crippen molar-refractivity contribution in [2.24, 2.45) is 5.92 Å². The minimum Gasteiger partial charge on any atom is -0.341 e. The molecule has 0 atom stereocenters. The fourth-order valence-corrected chi connectivity index (χ4v) is 2.95. The van der Waals surface area contributed by atoms with Gasteiger partial charge < -0.3 is 4.90 Å². The molecule has 1 saturated heterocycles. The molecule has 1 aromatic rings. The van der Waals surface area contributed by atoms with Gasteiger partial charge in [-0.3, -0.25) is 0 Å². The molecule has 3 rings (SSSR count). The number of aromatic nitrogens is 2. The van der Waals surface area contributed by atoms with Crippen LogP contribution in [0.4, 0.5) is 5.95 Å². The van der Waals surface area contributed by atoms with Crippen LogP contribution in [0.25, 0.3) is 0 Å². The first kappa shape index (κ1) is 11.0. The summed E-state index contributed by atoms with van der Waals surface area (Å²) < 4.78 is 0. The number of hydrogen-bond acceptors (Lipinski definition) is 3. The Hall–Kier alpha value is -1.12. The number of rotatable bonds is 1. The van der Waals surface area contributed by atoms with Gasteiger partial charge >= 0.3 is 0 Å². The molecule has 2 aliphatic rings. The quantitative estimate of drug-likeness (QED) is 0.743. The van der Waals surface area contributed by atoms with Crippen molar-refractivity contribution in [1.29, 1.82) is 0 Å². The summed E-state index contributed by atoms with van der Waals surface area (Å²) in [5, 5.41) is 0. The van der Waals surface area contributed by atoms with Crippen molar-refractivity contribution in [3.8, 4) is 0 Å². The molecule has 0 N–H and O–H groups in total. The van der Waals surface area contributed by atoms with E-state index in [0.717, 1.165) is 31.4 Å². The molecular weight excluding hydrogens is 210 g/mol. The maximum atomic E-state index is 4.78. The molecule has 0 spiro atoms. The molecule has 1 aliphatic heterocycles. The lowest BCUT2D eigenvalue weighted by Gasteiger charge is -2.30. The van der Waals surface area contributed by atoms with Crippen LogP contribution in [-0.2, 0) is 12.8 Å². The fraction of sp³-hybridized carbons (Fsp3) is 0.714. The third-order valence-corrected chi connectivity index (χ3v) is 4.19. The molecule has 92 valence electrons. The van der Waals surface area contributed by atoms with Gasteiger partial charge in [-0.05, 0) is 50.5 Å². The molecule has 3 nitrogen and oxygen atoms in total. The van der Waals surface area contributed by atoms with Crippen molar-refractivity contribution >= 4 is 5.95 Å². The van der Waals surface area contributed by atoms with Crippen LogP contribution in [0.2, 0.25) is 0 Å². The Bertz CT molecular complexity index is 420. The number of nitrogens with zero attached hydrogens (tertiary/aromatic N) is 3. The number of aryl methyl sites for hydroxylation is 2. The zero-order valence-electron chi connectivity index (χ0n) is 10.9. The van der Waals surface area contributed by atoms with Gasteiger partial charge in [-0.25, -0.2) is 9.97 Å². The Morgan fingerprint density at radius 2 is 1.88 bits per heavy atom. The number of fused-ring (bicyclic) bond motifs is 1. The summed E-state index contributed by atoms with van der Waals surface area (Å²) in [5.41, 5.74) is 3.94. The average Bonchev–Trinajstić information content (AvgIpc) is 2.78. The van der Waals surface area contributed by atoms with Gasteiger partial charge in [-0.15, -0.1) is 0 Å². The van der Waals surface area contributed by atoms with Crippen LogP contribution in [0.1, 0.15) is 43.1 Å². The van der Waals surface area contributed by atoms with Gasteiger partial charge in [0.05, 0.1) is 0 Å². The summed E-state index contributed by atoms with van der Waals surface area (Å²) in [7, 11) is 0. The zero-order valence-corrected chi connectivity index (χ0v) is 10.9. The number of hydrogen-bond donors (Lipinski definition) is 0. The zero-order chi connectivity index (χ0) is 11.8. The highest BCUT2D eigenvalue weighted by Gasteiger charge is 2.22. The highest BCUT2D eigenvalue weighted by molar-refractivity contribution is 5.39. The van der Waals surface area contributed by atoms with E-state index in [2.05, 4.69) is 18.7 Å². The first-order chi connectivity index (χ1) is 8.24. The molecule has 0 unspecified atom stereocenters. The van der Waals surface area contributed by atoms with Gasteiger partial charge in [0.15, 0.2) is 0 Å². The van der Waals surface area contributed by atoms with Crippen LogP contribution in [0.5, 0.6) is 0 Å². The van der Waals surface area contributed by atoms with Gasteiger partial charge in [0.25, 0.3) is 0 Å². The summed E-state index contributed by atoms with van der Waals surface area (Å²) in [6.45, 7) is 6.73. The summed E-state index contributed by atoms with van der Waals surface area (Å²) in [6.07, 6.45) is 6.14. The van der Waals surface area contributed by atoms with E-state index < -0.39 is 0 Å². The summed E-state index contributed by atoms with van der Waals surface area (Å²) >= 11 is 0. The van der Waals surface area contributed by atoms with E-state index in [1.165, 1.54) is 42.6 Å². The summed E-state index contributed by atoms with van der Waals surface area (Å²) in [5.74, 6) is 1.84. The molecule has 2 heterocycles. The smallest absolute Gasteiger partial charge is 0.225 e. The Morgan fingerprint density at radius 3 is 2.65 bits per heavy atom. The van der Waals surface area contributed by atoms with Crippen LogP contribution in [0, 0.1) is 12.8 Å². The Balaban J connectivity index is 1.86. The van der Waals surface area contributed by atoms with E-state index in [4.69, 9.17) is 9.97 Å². The third-order valence-electron chi connectivity index (χ3n) is 4.19. The van der Waals surface area contributed by atoms with Crippen molar-refractivity contribution in [2.45, 2.75) is 46.0 Å². The molecule has 0 bridgehead atoms. The fourth-order valence-electron chi connectivity index (χ4n) is 2.95. The van der Waals surface area contributed by atoms with E-state index in [1.807, 2.05) is 0 Å². The second-order valence-electron chi connectivity index (χ2n) is 5.56. The lowest BCUT2D eigenvalue weighted by Crippen LogP contribution is -2.34. The van der Waals surface area contributed by atoms with Crippen LogP contribution >= 0.6 is 0 Å². The maximum Gasteiger partial charge on any atom is 0.225 e. The molecule has 0 aromatic carbocycles. The lowest BCUT2D eigenvalue weighted by molar-refractivity contribution is 0.434. The van der Waals surface area contributed by atoms with E-state index in [1.54, 1.807) is 0 Å². The highest BCUT2D eigenvalue weighted by Crippen LogP contribution is 2.26. The Morgan fingerprint density at radius 1 is 1.12 bits per heavy atom. The summed E-state index contributed by atoms with van der Waals surface area (Å²) in [6, 6.07) is 0. The van der Waals surface area contributed by atoms with Crippen molar-refractivity contribution in [3.05, 3.63) is 17.0 Å². The molecule has 0 saturated carbocycles. The van der Waals surface area contributed by atoms with E-state index in [9.17, 15) is 0 Å². The van der Waals surface area contributed by atoms with Gasteiger partial charge in [0.2, 0.25) is 5.95 Å². The third kappa shape index (κ3) is 2.03. The summed E-state index contributed by atoms with van der Waals surface area (Å²) in [4.78, 5) is 11.9. The average molecular weight is 231 g/mol. The number of piperidine rings is 1. The van der Waals surface area contributed by atoms with Gasteiger partial charge in [-0.1, -0.05) is 6.92 Å². The highest BCUT2D eigenvalue weighted by atomic mass is 15.3. The van der Waals surface area contributed by atoms with Crippen LogP contribution in [0.3, 0.4) is 0 Å². The normalized spacial score (nSPS) is 20.7. The van der Waals surface area contributed by atoms with Crippen molar-refractivity contribution in [3.63, 3.8) is 0 Å². The second-order valence-corrected chi connectivity index (χ2v) is 5.56. The van der Waals surface area contributed by atoms with Gasteiger partial charge in [0, 0.05) is 24.5 Å². The van der Waals surface area contributed by atoms with Crippen LogP contribution in [-0.4, -0.2) is 23.1 Å². The van der Waals surface area contributed by atoms with E-state index in [-0.39, 0.29) is 0 Å². The van der Waals surface area contributed by atoms with E-state index in [0.29, 0.717) is 0 Å². The largest absolute Gasteiger partial charge is 0.341 e. The van der Waals surface area contributed by atoms with Gasteiger partial charge in [-0.2, -0.15) is 0 Å². The molecule has 0 radical (unpaired) electrons. The molecule has 17 heavy (non-hydrogen) atoms. The first-order valence-corrected chi connectivity index (χ1v) is 6.85. The monoisotopic (exact) mass is 231 g/mol. The molecule has 1 aliphatic carbocycles. The van der Waals surface area contributed by atoms with Crippen molar-refractivity contribution < 1.29 is 0 Å².